The van der Waals surface area contributed by atoms with Crippen molar-refractivity contribution in [3.8, 4) is 5.75 Å². The number of ether oxygens (including phenoxy) is 3. The van der Waals surface area contributed by atoms with Gasteiger partial charge in [0.2, 0.25) is 0 Å². The van der Waals surface area contributed by atoms with E-state index in [1.165, 1.54) is 5.56 Å². The molecule has 2 rings (SSSR count). The first-order valence-electron chi connectivity index (χ1n) is 10.6. The van der Waals surface area contributed by atoms with Crippen molar-refractivity contribution in [2.24, 2.45) is 10.9 Å². The average Bonchev–Trinajstić information content (AvgIpc) is 2.74. The van der Waals surface area contributed by atoms with Gasteiger partial charge in [0, 0.05) is 46.6 Å². The highest BCUT2D eigenvalue weighted by Gasteiger charge is 2.13. The molecule has 29 heavy (non-hydrogen) atoms. The van der Waals surface area contributed by atoms with Crippen molar-refractivity contribution < 1.29 is 14.2 Å². The Labute approximate surface area is 193 Å². The van der Waals surface area contributed by atoms with Crippen molar-refractivity contribution in [1.29, 1.82) is 0 Å². The van der Waals surface area contributed by atoms with Crippen LogP contribution in [0.4, 0.5) is 0 Å². The molecule has 1 aliphatic rings. The van der Waals surface area contributed by atoms with Crippen LogP contribution >= 0.6 is 24.0 Å². The van der Waals surface area contributed by atoms with E-state index in [-0.39, 0.29) is 24.0 Å². The number of guanidine groups is 1. The highest BCUT2D eigenvalue weighted by atomic mass is 127. The SMILES string of the molecule is CCCOc1cccc(CCNC(=NC)NCCCOCC2CCOCC2)c1.I. The van der Waals surface area contributed by atoms with Crippen LogP contribution in [0, 0.1) is 5.92 Å². The summed E-state index contributed by atoms with van der Waals surface area (Å²) >= 11 is 0. The summed E-state index contributed by atoms with van der Waals surface area (Å²) in [5.41, 5.74) is 1.26. The summed E-state index contributed by atoms with van der Waals surface area (Å²) in [6.45, 7) is 7.97. The fourth-order valence-electron chi connectivity index (χ4n) is 3.10. The standard InChI is InChI=1S/C22H37N3O3.HI/c1-3-13-28-21-7-4-6-19(17-21)8-12-25-22(23-2)24-11-5-14-27-18-20-9-15-26-16-10-20;/h4,6-7,17,20H,3,5,8-16,18H2,1-2H3,(H2,23,24,25);1H. The van der Waals surface area contributed by atoms with Crippen molar-refractivity contribution in [3.05, 3.63) is 29.8 Å². The summed E-state index contributed by atoms with van der Waals surface area (Å²) in [4.78, 5) is 4.28. The smallest absolute Gasteiger partial charge is 0.190 e. The van der Waals surface area contributed by atoms with Crippen LogP contribution in [0.1, 0.15) is 38.2 Å². The van der Waals surface area contributed by atoms with Crippen LogP contribution in [0.2, 0.25) is 0 Å². The third-order valence-corrected chi connectivity index (χ3v) is 4.75. The van der Waals surface area contributed by atoms with Crippen LogP contribution in [-0.4, -0.2) is 59.1 Å². The van der Waals surface area contributed by atoms with E-state index < -0.39 is 0 Å². The molecule has 1 aliphatic heterocycles. The van der Waals surface area contributed by atoms with Crippen molar-refractivity contribution in [1.82, 2.24) is 10.6 Å². The van der Waals surface area contributed by atoms with E-state index in [1.807, 2.05) is 12.1 Å². The lowest BCUT2D eigenvalue weighted by Gasteiger charge is -2.21. The molecule has 2 N–H and O–H groups in total. The molecule has 1 aromatic carbocycles. The number of halogens is 1. The van der Waals surface area contributed by atoms with Gasteiger partial charge < -0.3 is 24.8 Å². The first kappa shape index (κ1) is 26.0. The van der Waals surface area contributed by atoms with Crippen LogP contribution in [0.15, 0.2) is 29.3 Å². The van der Waals surface area contributed by atoms with Gasteiger partial charge in [-0.1, -0.05) is 19.1 Å². The normalized spacial score (nSPS) is 14.9. The maximum atomic E-state index is 5.80. The first-order valence-corrected chi connectivity index (χ1v) is 10.6. The molecule has 1 saturated heterocycles. The Hall–Kier alpha value is -1.06. The fraction of sp³-hybridized carbons (Fsp3) is 0.682. The second-order valence-electron chi connectivity index (χ2n) is 7.16. The summed E-state index contributed by atoms with van der Waals surface area (Å²) in [6, 6.07) is 8.31. The minimum Gasteiger partial charge on any atom is -0.494 e. The topological polar surface area (TPSA) is 64.1 Å². The monoisotopic (exact) mass is 519 g/mol. The number of aliphatic imine (C=N–C) groups is 1. The summed E-state index contributed by atoms with van der Waals surface area (Å²) < 4.78 is 16.9. The van der Waals surface area contributed by atoms with Gasteiger partial charge in [-0.15, -0.1) is 24.0 Å². The lowest BCUT2D eigenvalue weighted by atomic mass is 10.0. The molecule has 1 heterocycles. The van der Waals surface area contributed by atoms with Crippen LogP contribution in [0.3, 0.4) is 0 Å². The maximum absolute atomic E-state index is 5.80. The molecule has 0 bridgehead atoms. The molecule has 0 aliphatic carbocycles. The lowest BCUT2D eigenvalue weighted by molar-refractivity contribution is 0.0203. The zero-order valence-electron chi connectivity index (χ0n) is 18.0. The van der Waals surface area contributed by atoms with Crippen LogP contribution in [0.5, 0.6) is 5.75 Å². The third kappa shape index (κ3) is 11.6. The Bertz CT molecular complexity index is 566. The van der Waals surface area contributed by atoms with Gasteiger partial charge in [0.05, 0.1) is 6.61 Å². The lowest BCUT2D eigenvalue weighted by Crippen LogP contribution is -2.39. The minimum atomic E-state index is 0. The van der Waals surface area contributed by atoms with E-state index >= 15 is 0 Å². The largest absolute Gasteiger partial charge is 0.494 e. The zero-order valence-corrected chi connectivity index (χ0v) is 20.3. The van der Waals surface area contributed by atoms with Crippen molar-refractivity contribution >= 4 is 29.9 Å². The van der Waals surface area contributed by atoms with Crippen molar-refractivity contribution in [2.75, 3.05) is 53.2 Å². The number of rotatable bonds is 12. The highest BCUT2D eigenvalue weighted by molar-refractivity contribution is 14.0. The number of nitrogens with zero attached hydrogens (tertiary/aromatic N) is 1. The van der Waals surface area contributed by atoms with Crippen LogP contribution in [0.25, 0.3) is 0 Å². The van der Waals surface area contributed by atoms with E-state index in [0.717, 1.165) is 89.9 Å². The molecule has 0 atom stereocenters. The molecule has 7 heteroatoms. The second-order valence-corrected chi connectivity index (χ2v) is 7.16. The number of benzene rings is 1. The second kappa shape index (κ2) is 16.7. The van der Waals surface area contributed by atoms with Gasteiger partial charge >= 0.3 is 0 Å². The molecule has 0 aromatic heterocycles. The zero-order chi connectivity index (χ0) is 19.9. The van der Waals surface area contributed by atoms with E-state index in [2.05, 4.69) is 34.7 Å². The molecule has 166 valence electrons. The van der Waals surface area contributed by atoms with Crippen molar-refractivity contribution in [2.45, 2.75) is 39.0 Å². The fourth-order valence-corrected chi connectivity index (χ4v) is 3.10. The molecule has 1 fully saturated rings. The summed E-state index contributed by atoms with van der Waals surface area (Å²) in [6.07, 6.45) is 5.18. The molecule has 1 aromatic rings. The molecule has 0 saturated carbocycles. The quantitative estimate of drug-likeness (QED) is 0.191. The van der Waals surface area contributed by atoms with Gasteiger partial charge in [0.1, 0.15) is 5.75 Å². The predicted octanol–water partition coefficient (Wildman–Crippen LogP) is 3.63. The van der Waals surface area contributed by atoms with E-state index in [0.29, 0.717) is 5.92 Å². The van der Waals surface area contributed by atoms with Gasteiger partial charge in [0.15, 0.2) is 5.96 Å². The number of nitrogens with one attached hydrogen (secondary N) is 2. The molecular formula is C22H38IN3O3. The minimum absolute atomic E-state index is 0. The molecule has 0 radical (unpaired) electrons. The molecule has 6 nitrogen and oxygen atoms in total. The Morgan fingerprint density at radius 3 is 2.72 bits per heavy atom. The summed E-state index contributed by atoms with van der Waals surface area (Å²) in [5.74, 6) is 2.45. The van der Waals surface area contributed by atoms with Gasteiger partial charge in [-0.25, -0.2) is 0 Å². The Morgan fingerprint density at radius 2 is 1.97 bits per heavy atom. The highest BCUT2D eigenvalue weighted by Crippen LogP contribution is 2.15. The van der Waals surface area contributed by atoms with Crippen LogP contribution < -0.4 is 15.4 Å². The van der Waals surface area contributed by atoms with Gasteiger partial charge in [0.25, 0.3) is 0 Å². The first-order chi connectivity index (χ1) is 13.8. The van der Waals surface area contributed by atoms with E-state index in [1.54, 1.807) is 7.05 Å². The summed E-state index contributed by atoms with van der Waals surface area (Å²) in [5, 5.41) is 6.71. The van der Waals surface area contributed by atoms with E-state index in [9.17, 15) is 0 Å². The number of hydrogen-bond acceptors (Lipinski definition) is 4. The molecule has 0 unspecified atom stereocenters. The Kier molecular flexibility index (Phi) is 15.0. The van der Waals surface area contributed by atoms with Crippen molar-refractivity contribution in [3.63, 3.8) is 0 Å². The maximum Gasteiger partial charge on any atom is 0.190 e. The Morgan fingerprint density at radius 1 is 1.17 bits per heavy atom. The Balaban J connectivity index is 0.00000420. The van der Waals surface area contributed by atoms with Gasteiger partial charge in [-0.05, 0) is 55.7 Å². The average molecular weight is 519 g/mol. The van der Waals surface area contributed by atoms with Gasteiger partial charge in [-0.3, -0.25) is 4.99 Å². The summed E-state index contributed by atoms with van der Waals surface area (Å²) in [7, 11) is 1.80. The molecular weight excluding hydrogens is 481 g/mol. The third-order valence-electron chi connectivity index (χ3n) is 4.75. The number of hydrogen-bond donors (Lipinski definition) is 2. The molecule has 0 spiro atoms. The molecule has 0 amide bonds. The van der Waals surface area contributed by atoms with Crippen LogP contribution in [-0.2, 0) is 15.9 Å². The van der Waals surface area contributed by atoms with E-state index in [4.69, 9.17) is 14.2 Å². The predicted molar refractivity (Wildman–Crippen MR) is 130 cm³/mol. The van der Waals surface area contributed by atoms with Gasteiger partial charge in [-0.2, -0.15) is 0 Å².